The lowest BCUT2D eigenvalue weighted by molar-refractivity contribution is 0.206. The molecule has 136 valence electrons. The van der Waals surface area contributed by atoms with Crippen molar-refractivity contribution in [2.24, 2.45) is 0 Å². The Morgan fingerprint density at radius 1 is 1.15 bits per heavy atom. The third kappa shape index (κ3) is 4.34. The van der Waals surface area contributed by atoms with Gasteiger partial charge in [-0.2, -0.15) is 5.10 Å². The minimum Gasteiger partial charge on any atom is -0.383 e. The predicted molar refractivity (Wildman–Crippen MR) is 99.2 cm³/mol. The molecule has 7 nitrogen and oxygen atoms in total. The number of aryl methyl sites for hydroxylation is 1. The van der Waals surface area contributed by atoms with Gasteiger partial charge in [-0.05, 0) is 31.2 Å². The summed E-state index contributed by atoms with van der Waals surface area (Å²) in [5.41, 5.74) is 1.67. The van der Waals surface area contributed by atoms with E-state index in [1.165, 1.54) is 12.1 Å². The topological polar surface area (TPSA) is 79.0 Å². The van der Waals surface area contributed by atoms with Crippen LogP contribution in [-0.4, -0.2) is 47.5 Å². The number of aromatic nitrogens is 4. The molecule has 2 aromatic heterocycles. The second-order valence-corrected chi connectivity index (χ2v) is 5.92. The Balaban J connectivity index is 1.96. The first-order chi connectivity index (χ1) is 12.5. The monoisotopic (exact) mass is 356 g/mol. The highest BCUT2D eigenvalue weighted by Crippen LogP contribution is 2.24. The number of rotatable bonds is 7. The second-order valence-electron chi connectivity index (χ2n) is 5.92. The lowest BCUT2D eigenvalue weighted by Crippen LogP contribution is -2.23. The van der Waals surface area contributed by atoms with Crippen molar-refractivity contribution in [2.75, 3.05) is 37.5 Å². The maximum Gasteiger partial charge on any atom is 0.163 e. The van der Waals surface area contributed by atoms with Crippen molar-refractivity contribution in [1.29, 1.82) is 0 Å². The lowest BCUT2D eigenvalue weighted by Gasteiger charge is -2.19. The number of ether oxygens (including phenoxy) is 1. The largest absolute Gasteiger partial charge is 0.383 e. The number of methoxy groups -OCH3 is 1. The molecule has 3 rings (SSSR count). The molecule has 0 amide bonds. The van der Waals surface area contributed by atoms with Crippen LogP contribution in [0.2, 0.25) is 0 Å². The summed E-state index contributed by atoms with van der Waals surface area (Å²) >= 11 is 0. The van der Waals surface area contributed by atoms with Gasteiger partial charge < -0.3 is 15.0 Å². The zero-order valence-electron chi connectivity index (χ0n) is 15.0. The third-order valence-electron chi connectivity index (χ3n) is 3.80. The summed E-state index contributed by atoms with van der Waals surface area (Å²) in [6, 6.07) is 9.83. The van der Waals surface area contributed by atoms with Crippen LogP contribution in [0.15, 0.2) is 36.4 Å². The molecule has 0 saturated carbocycles. The summed E-state index contributed by atoms with van der Waals surface area (Å²) in [5, 5.41) is 10.2. The average molecular weight is 356 g/mol. The number of hydrogen-bond donors (Lipinski definition) is 2. The Morgan fingerprint density at radius 3 is 2.58 bits per heavy atom. The average Bonchev–Trinajstić information content (AvgIpc) is 3.04. The zero-order chi connectivity index (χ0) is 18.5. The van der Waals surface area contributed by atoms with E-state index in [-0.39, 0.29) is 5.82 Å². The molecule has 2 N–H and O–H groups in total. The first-order valence-corrected chi connectivity index (χ1v) is 8.19. The van der Waals surface area contributed by atoms with Crippen molar-refractivity contribution in [3.05, 3.63) is 47.9 Å². The van der Waals surface area contributed by atoms with Crippen molar-refractivity contribution in [3.8, 4) is 11.4 Å². The van der Waals surface area contributed by atoms with E-state index < -0.39 is 0 Å². The van der Waals surface area contributed by atoms with Gasteiger partial charge in [-0.3, -0.25) is 5.10 Å². The molecule has 3 aromatic rings. The molecule has 0 fully saturated rings. The Morgan fingerprint density at radius 2 is 1.92 bits per heavy atom. The standard InChI is InChI=1S/C18H21FN6O/c1-12-10-16(24-23-12)20-15-11-17(25(2)8-9-26-3)22-18(21-15)13-4-6-14(19)7-5-13/h4-7,10-11H,8-9H2,1-3H3,(H2,20,21,22,23,24). The fraction of sp³-hybridized carbons (Fsp3) is 0.278. The van der Waals surface area contributed by atoms with E-state index in [1.807, 2.05) is 31.0 Å². The highest BCUT2D eigenvalue weighted by Gasteiger charge is 2.11. The van der Waals surface area contributed by atoms with Crippen LogP contribution >= 0.6 is 0 Å². The number of H-pyrrole nitrogens is 1. The molecule has 0 radical (unpaired) electrons. The number of halogens is 1. The Labute approximate surface area is 151 Å². The van der Waals surface area contributed by atoms with Crippen LogP contribution < -0.4 is 10.2 Å². The maximum atomic E-state index is 13.2. The number of anilines is 3. The van der Waals surface area contributed by atoms with Crippen LogP contribution in [-0.2, 0) is 4.74 Å². The number of likely N-dealkylation sites (N-methyl/N-ethyl adjacent to an activating group) is 1. The molecule has 0 bridgehead atoms. The van der Waals surface area contributed by atoms with E-state index in [1.54, 1.807) is 19.2 Å². The molecule has 26 heavy (non-hydrogen) atoms. The van der Waals surface area contributed by atoms with E-state index in [0.717, 1.165) is 17.1 Å². The van der Waals surface area contributed by atoms with Crippen LogP contribution in [0.3, 0.4) is 0 Å². The Bertz CT molecular complexity index is 864. The molecule has 0 spiro atoms. The van der Waals surface area contributed by atoms with E-state index >= 15 is 0 Å². The van der Waals surface area contributed by atoms with Crippen LogP contribution in [0, 0.1) is 12.7 Å². The summed E-state index contributed by atoms with van der Waals surface area (Å²) < 4.78 is 18.4. The lowest BCUT2D eigenvalue weighted by atomic mass is 10.2. The fourth-order valence-electron chi connectivity index (χ4n) is 2.38. The van der Waals surface area contributed by atoms with Crippen molar-refractivity contribution < 1.29 is 9.13 Å². The third-order valence-corrected chi connectivity index (χ3v) is 3.80. The Hall–Kier alpha value is -3.00. The summed E-state index contributed by atoms with van der Waals surface area (Å²) in [5.74, 6) is 2.20. The van der Waals surface area contributed by atoms with E-state index in [4.69, 9.17) is 4.74 Å². The molecule has 2 heterocycles. The highest BCUT2D eigenvalue weighted by molar-refractivity contribution is 5.64. The minimum absolute atomic E-state index is 0.299. The van der Waals surface area contributed by atoms with Gasteiger partial charge >= 0.3 is 0 Å². The van der Waals surface area contributed by atoms with Gasteiger partial charge in [0.1, 0.15) is 17.5 Å². The molecule has 1 aromatic carbocycles. The van der Waals surface area contributed by atoms with Gasteiger partial charge in [-0.15, -0.1) is 0 Å². The summed E-state index contributed by atoms with van der Waals surface area (Å²) in [4.78, 5) is 11.1. The predicted octanol–water partition coefficient (Wildman–Crippen LogP) is 3.14. The molecular weight excluding hydrogens is 335 g/mol. The fourth-order valence-corrected chi connectivity index (χ4v) is 2.38. The SMILES string of the molecule is COCCN(C)c1cc(Nc2cc(C)[nH]n2)nc(-c2ccc(F)cc2)n1. The van der Waals surface area contributed by atoms with E-state index in [9.17, 15) is 4.39 Å². The zero-order valence-corrected chi connectivity index (χ0v) is 15.0. The molecule has 0 unspecified atom stereocenters. The van der Waals surface area contributed by atoms with Gasteiger partial charge in [0.25, 0.3) is 0 Å². The number of aromatic amines is 1. The van der Waals surface area contributed by atoms with E-state index in [2.05, 4.69) is 25.5 Å². The summed E-state index contributed by atoms with van der Waals surface area (Å²) in [6.45, 7) is 3.18. The van der Waals surface area contributed by atoms with Crippen LogP contribution in [0.25, 0.3) is 11.4 Å². The van der Waals surface area contributed by atoms with Crippen LogP contribution in [0.5, 0.6) is 0 Å². The highest BCUT2D eigenvalue weighted by atomic mass is 19.1. The second kappa shape index (κ2) is 7.92. The maximum absolute atomic E-state index is 13.2. The smallest absolute Gasteiger partial charge is 0.163 e. The number of benzene rings is 1. The molecule has 0 aliphatic carbocycles. The Kier molecular flexibility index (Phi) is 5.43. The van der Waals surface area contributed by atoms with Gasteiger partial charge in [0.2, 0.25) is 0 Å². The first kappa shape index (κ1) is 17.8. The molecule has 0 saturated heterocycles. The van der Waals surface area contributed by atoms with Crippen molar-refractivity contribution in [3.63, 3.8) is 0 Å². The molecular formula is C18H21FN6O. The van der Waals surface area contributed by atoms with Crippen LogP contribution in [0.1, 0.15) is 5.69 Å². The summed E-state index contributed by atoms with van der Waals surface area (Å²) in [6.07, 6.45) is 0. The minimum atomic E-state index is -0.299. The number of nitrogens with zero attached hydrogens (tertiary/aromatic N) is 4. The van der Waals surface area contributed by atoms with Gasteiger partial charge in [0.05, 0.1) is 6.61 Å². The van der Waals surface area contributed by atoms with E-state index in [0.29, 0.717) is 30.6 Å². The molecule has 0 atom stereocenters. The van der Waals surface area contributed by atoms with Gasteiger partial charge in [-0.25, -0.2) is 14.4 Å². The summed E-state index contributed by atoms with van der Waals surface area (Å²) in [7, 11) is 3.59. The van der Waals surface area contributed by atoms with Gasteiger partial charge in [0.15, 0.2) is 11.6 Å². The van der Waals surface area contributed by atoms with Gasteiger partial charge in [-0.1, -0.05) is 0 Å². The number of nitrogens with one attached hydrogen (secondary N) is 2. The van der Waals surface area contributed by atoms with Crippen molar-refractivity contribution in [1.82, 2.24) is 20.2 Å². The van der Waals surface area contributed by atoms with Crippen molar-refractivity contribution >= 4 is 17.5 Å². The first-order valence-electron chi connectivity index (χ1n) is 8.19. The van der Waals surface area contributed by atoms with Crippen LogP contribution in [0.4, 0.5) is 21.8 Å². The quantitative estimate of drug-likeness (QED) is 0.677. The normalized spacial score (nSPS) is 10.8. The van der Waals surface area contributed by atoms with Crippen molar-refractivity contribution in [2.45, 2.75) is 6.92 Å². The molecule has 0 aliphatic heterocycles. The molecule has 0 aliphatic rings. The number of hydrogen-bond acceptors (Lipinski definition) is 6. The molecule has 8 heteroatoms. The van der Waals surface area contributed by atoms with Gasteiger partial charge in [0, 0.05) is 44.1 Å².